The van der Waals surface area contributed by atoms with Crippen molar-refractivity contribution in [2.24, 2.45) is 0 Å². The standard InChI is InChI=1S/C7H7F3N2O3/c8-7(9,10)5-3-4(6(14)15)12(11-5)1-2-13/h3,13H,1-2H2,(H,14,15). The lowest BCUT2D eigenvalue weighted by Gasteiger charge is -2.01. The van der Waals surface area contributed by atoms with Crippen LogP contribution in [0.3, 0.4) is 0 Å². The Morgan fingerprint density at radius 1 is 1.53 bits per heavy atom. The number of hydrogen-bond donors (Lipinski definition) is 2. The van der Waals surface area contributed by atoms with E-state index in [2.05, 4.69) is 5.10 Å². The number of rotatable bonds is 3. The highest BCUT2D eigenvalue weighted by molar-refractivity contribution is 5.85. The van der Waals surface area contributed by atoms with E-state index in [1.165, 1.54) is 0 Å². The lowest BCUT2D eigenvalue weighted by atomic mass is 10.3. The van der Waals surface area contributed by atoms with Crippen molar-refractivity contribution >= 4 is 5.97 Å². The Bertz CT molecular complexity index is 372. The number of carboxylic acids is 1. The summed E-state index contributed by atoms with van der Waals surface area (Å²) in [6, 6.07) is 0.429. The molecule has 0 aliphatic carbocycles. The molecule has 0 saturated heterocycles. The minimum absolute atomic E-state index is 0.294. The Balaban J connectivity index is 3.15. The van der Waals surface area contributed by atoms with Gasteiger partial charge in [0.05, 0.1) is 13.2 Å². The van der Waals surface area contributed by atoms with E-state index in [1.807, 2.05) is 0 Å². The Morgan fingerprint density at radius 2 is 2.13 bits per heavy atom. The second kappa shape index (κ2) is 3.89. The molecule has 0 radical (unpaired) electrons. The van der Waals surface area contributed by atoms with Gasteiger partial charge < -0.3 is 10.2 Å². The maximum atomic E-state index is 12.2. The summed E-state index contributed by atoms with van der Waals surface area (Å²) in [7, 11) is 0. The molecule has 1 rings (SSSR count). The van der Waals surface area contributed by atoms with E-state index in [0.29, 0.717) is 10.7 Å². The fourth-order valence-corrected chi connectivity index (χ4v) is 0.993. The molecule has 0 saturated carbocycles. The van der Waals surface area contributed by atoms with Crippen molar-refractivity contribution in [3.63, 3.8) is 0 Å². The molecule has 5 nitrogen and oxygen atoms in total. The van der Waals surface area contributed by atoms with Crippen LogP contribution < -0.4 is 0 Å². The normalized spacial score (nSPS) is 11.7. The predicted octanol–water partition coefficient (Wildman–Crippen LogP) is 0.592. The van der Waals surface area contributed by atoms with Crippen LogP contribution in [-0.2, 0) is 12.7 Å². The molecule has 0 unspecified atom stereocenters. The average molecular weight is 224 g/mol. The van der Waals surface area contributed by atoms with Crippen LogP contribution in [0.15, 0.2) is 6.07 Å². The third kappa shape index (κ3) is 2.46. The molecule has 0 aliphatic heterocycles. The summed E-state index contributed by atoms with van der Waals surface area (Å²) in [4.78, 5) is 10.5. The molecule has 8 heteroatoms. The highest BCUT2D eigenvalue weighted by Crippen LogP contribution is 2.28. The minimum Gasteiger partial charge on any atom is -0.477 e. The third-order valence-electron chi connectivity index (χ3n) is 1.60. The number of aliphatic hydroxyl groups is 1. The van der Waals surface area contributed by atoms with Gasteiger partial charge in [0.2, 0.25) is 0 Å². The summed E-state index contributed by atoms with van der Waals surface area (Å²) in [6.45, 7) is -0.781. The SMILES string of the molecule is O=C(O)c1cc(C(F)(F)F)nn1CCO. The van der Waals surface area contributed by atoms with Crippen molar-refractivity contribution < 1.29 is 28.2 Å². The quantitative estimate of drug-likeness (QED) is 0.787. The Labute approximate surface area is 81.7 Å². The summed E-state index contributed by atoms with van der Waals surface area (Å²) in [5.41, 5.74) is -1.88. The summed E-state index contributed by atoms with van der Waals surface area (Å²) >= 11 is 0. The first-order valence-corrected chi connectivity index (χ1v) is 3.85. The Kier molecular flexibility index (Phi) is 2.98. The van der Waals surface area contributed by atoms with Gasteiger partial charge in [-0.05, 0) is 0 Å². The Morgan fingerprint density at radius 3 is 2.53 bits per heavy atom. The van der Waals surface area contributed by atoms with Gasteiger partial charge in [-0.1, -0.05) is 0 Å². The molecule has 15 heavy (non-hydrogen) atoms. The highest BCUT2D eigenvalue weighted by Gasteiger charge is 2.35. The van der Waals surface area contributed by atoms with E-state index < -0.39 is 30.1 Å². The predicted molar refractivity (Wildman–Crippen MR) is 41.3 cm³/mol. The van der Waals surface area contributed by atoms with Crippen molar-refractivity contribution in [2.75, 3.05) is 6.61 Å². The van der Waals surface area contributed by atoms with Crippen molar-refractivity contribution in [1.82, 2.24) is 9.78 Å². The van der Waals surface area contributed by atoms with Crippen LogP contribution in [0.1, 0.15) is 16.2 Å². The van der Waals surface area contributed by atoms with Crippen molar-refractivity contribution in [2.45, 2.75) is 12.7 Å². The zero-order chi connectivity index (χ0) is 11.6. The minimum atomic E-state index is -4.69. The number of carbonyl (C=O) groups is 1. The molecule has 1 aromatic heterocycles. The maximum Gasteiger partial charge on any atom is 0.435 e. The lowest BCUT2D eigenvalue weighted by molar-refractivity contribution is -0.141. The van der Waals surface area contributed by atoms with E-state index >= 15 is 0 Å². The smallest absolute Gasteiger partial charge is 0.435 e. The van der Waals surface area contributed by atoms with Crippen LogP contribution in [0, 0.1) is 0 Å². The zero-order valence-electron chi connectivity index (χ0n) is 7.32. The number of hydrogen-bond acceptors (Lipinski definition) is 3. The van der Waals surface area contributed by atoms with Crippen molar-refractivity contribution in [1.29, 1.82) is 0 Å². The second-order valence-corrected chi connectivity index (χ2v) is 2.66. The first-order valence-electron chi connectivity index (χ1n) is 3.85. The molecule has 0 fully saturated rings. The summed E-state index contributed by atoms with van der Waals surface area (Å²) in [5, 5.41) is 20.1. The maximum absolute atomic E-state index is 12.2. The molecule has 2 N–H and O–H groups in total. The van der Waals surface area contributed by atoms with Crippen LogP contribution >= 0.6 is 0 Å². The molecule has 0 aromatic carbocycles. The summed E-state index contributed by atoms with van der Waals surface area (Å²) in [5.74, 6) is -1.52. The van der Waals surface area contributed by atoms with Gasteiger partial charge in [0.25, 0.3) is 0 Å². The van der Waals surface area contributed by atoms with Gasteiger partial charge in [0.1, 0.15) is 5.69 Å². The van der Waals surface area contributed by atoms with Gasteiger partial charge in [0, 0.05) is 6.07 Å². The molecule has 0 bridgehead atoms. The van der Waals surface area contributed by atoms with E-state index in [1.54, 1.807) is 0 Å². The third-order valence-corrected chi connectivity index (χ3v) is 1.60. The number of aromatic nitrogens is 2. The molecule has 0 spiro atoms. The van der Waals surface area contributed by atoms with Crippen LogP contribution in [0.4, 0.5) is 13.2 Å². The van der Waals surface area contributed by atoms with Gasteiger partial charge in [-0.15, -0.1) is 0 Å². The van der Waals surface area contributed by atoms with E-state index in [9.17, 15) is 18.0 Å². The number of aromatic carboxylic acids is 1. The molecule has 0 aliphatic rings. The fourth-order valence-electron chi connectivity index (χ4n) is 0.993. The molecular weight excluding hydrogens is 217 g/mol. The number of alkyl halides is 3. The van der Waals surface area contributed by atoms with Crippen molar-refractivity contribution in [3.8, 4) is 0 Å². The van der Waals surface area contributed by atoms with Crippen LogP contribution in [-0.4, -0.2) is 32.6 Å². The largest absolute Gasteiger partial charge is 0.477 e. The van der Waals surface area contributed by atoms with Gasteiger partial charge in [0.15, 0.2) is 5.69 Å². The van der Waals surface area contributed by atoms with E-state index in [-0.39, 0.29) is 6.54 Å². The molecule has 84 valence electrons. The fraction of sp³-hybridized carbons (Fsp3) is 0.429. The zero-order valence-corrected chi connectivity index (χ0v) is 7.32. The van der Waals surface area contributed by atoms with Crippen LogP contribution in [0.25, 0.3) is 0 Å². The highest BCUT2D eigenvalue weighted by atomic mass is 19.4. The Hall–Kier alpha value is -1.57. The average Bonchev–Trinajstić information content (AvgIpc) is 2.48. The van der Waals surface area contributed by atoms with Gasteiger partial charge in [-0.25, -0.2) is 4.79 Å². The molecule has 0 amide bonds. The van der Waals surface area contributed by atoms with Crippen molar-refractivity contribution in [3.05, 3.63) is 17.5 Å². The molecular formula is C7H7F3N2O3. The molecule has 1 aromatic rings. The van der Waals surface area contributed by atoms with E-state index in [4.69, 9.17) is 10.2 Å². The van der Waals surface area contributed by atoms with E-state index in [0.717, 1.165) is 0 Å². The summed E-state index contributed by atoms with van der Waals surface area (Å²) < 4.78 is 37.1. The number of aliphatic hydroxyl groups excluding tert-OH is 1. The number of carboxylic acid groups (broad SMARTS) is 1. The summed E-state index contributed by atoms with van der Waals surface area (Å²) in [6.07, 6.45) is -4.69. The lowest BCUT2D eigenvalue weighted by Crippen LogP contribution is -2.13. The second-order valence-electron chi connectivity index (χ2n) is 2.66. The monoisotopic (exact) mass is 224 g/mol. The van der Waals surface area contributed by atoms with Gasteiger partial charge >= 0.3 is 12.1 Å². The van der Waals surface area contributed by atoms with Gasteiger partial charge in [-0.2, -0.15) is 18.3 Å². The number of nitrogens with zero attached hydrogens (tertiary/aromatic N) is 2. The first kappa shape index (κ1) is 11.5. The molecule has 1 heterocycles. The van der Waals surface area contributed by atoms with Crippen LogP contribution in [0.5, 0.6) is 0 Å². The van der Waals surface area contributed by atoms with Gasteiger partial charge in [-0.3, -0.25) is 4.68 Å². The topological polar surface area (TPSA) is 75.3 Å². The number of halogens is 3. The first-order chi connectivity index (χ1) is 6.86. The molecule has 0 atom stereocenters. The van der Waals surface area contributed by atoms with Crippen LogP contribution in [0.2, 0.25) is 0 Å².